The predicted molar refractivity (Wildman–Crippen MR) is 147 cm³/mol. The number of rotatable bonds is 12. The van der Waals surface area contributed by atoms with Gasteiger partial charge in [-0.2, -0.15) is 13.1 Å². The number of alkyl halides is 2. The first-order valence-electron chi connectivity index (χ1n) is 12.9. The lowest BCUT2D eigenvalue weighted by atomic mass is 10.0. The lowest BCUT2D eigenvalue weighted by Gasteiger charge is -2.38. The maximum Gasteiger partial charge on any atom is 0.387 e. The molecule has 2 aliphatic rings. The van der Waals surface area contributed by atoms with Crippen molar-refractivity contribution < 1.29 is 36.2 Å². The Morgan fingerprint density at radius 1 is 1.02 bits per heavy atom. The number of pyridine rings is 1. The number of benzene rings is 2. The molecule has 3 aromatic rings. The molecule has 1 aliphatic carbocycles. The molecular formula is C28H26Cl2F2N2O6S. The Balaban J connectivity index is 1.44. The van der Waals surface area contributed by atoms with Crippen LogP contribution in [0.1, 0.15) is 36.5 Å². The number of esters is 1. The number of hydrogen-bond donors (Lipinski definition) is 0. The molecule has 2 atom stereocenters. The third-order valence-electron chi connectivity index (χ3n) is 6.92. The van der Waals surface area contributed by atoms with E-state index < -0.39 is 34.7 Å². The summed E-state index contributed by atoms with van der Waals surface area (Å²) < 4.78 is 69.9. The van der Waals surface area contributed by atoms with Gasteiger partial charge in [-0.1, -0.05) is 47.5 Å². The number of carbonyl (C=O) groups is 1. The summed E-state index contributed by atoms with van der Waals surface area (Å²) in [6.07, 6.45) is 4.00. The predicted octanol–water partition coefficient (Wildman–Crippen LogP) is 6.07. The van der Waals surface area contributed by atoms with E-state index in [1.54, 1.807) is 18.2 Å². The van der Waals surface area contributed by atoms with Gasteiger partial charge in [0.1, 0.15) is 12.1 Å². The molecule has 0 N–H and O–H groups in total. The third-order valence-corrected chi connectivity index (χ3v) is 9.49. The van der Waals surface area contributed by atoms with Crippen molar-refractivity contribution in [2.75, 3.05) is 13.2 Å². The number of ether oxygens (including phenoxy) is 3. The van der Waals surface area contributed by atoms with Gasteiger partial charge < -0.3 is 14.2 Å². The van der Waals surface area contributed by atoms with E-state index in [0.29, 0.717) is 23.7 Å². The zero-order valence-electron chi connectivity index (χ0n) is 21.6. The van der Waals surface area contributed by atoms with E-state index in [0.717, 1.165) is 17.1 Å². The van der Waals surface area contributed by atoms with Crippen molar-refractivity contribution in [3.63, 3.8) is 0 Å². The molecule has 2 fully saturated rings. The number of sulfonamides is 1. The van der Waals surface area contributed by atoms with Crippen LogP contribution in [0.2, 0.25) is 10.0 Å². The molecule has 1 aliphatic heterocycles. The number of nitrogens with zero attached hydrogens (tertiary/aromatic N) is 2. The van der Waals surface area contributed by atoms with Gasteiger partial charge in [-0.3, -0.25) is 9.78 Å². The van der Waals surface area contributed by atoms with Crippen LogP contribution in [0, 0.1) is 5.92 Å². The lowest BCUT2D eigenvalue weighted by molar-refractivity contribution is -0.157. The highest BCUT2D eigenvalue weighted by Crippen LogP contribution is 2.38. The smallest absolute Gasteiger partial charge is 0.387 e. The summed E-state index contributed by atoms with van der Waals surface area (Å²) in [5.41, 5.74) is 0.836. The van der Waals surface area contributed by atoms with Crippen molar-refractivity contribution >= 4 is 39.2 Å². The molecule has 5 rings (SSSR count). The van der Waals surface area contributed by atoms with Crippen molar-refractivity contribution in [1.82, 2.24) is 9.29 Å². The van der Waals surface area contributed by atoms with Crippen molar-refractivity contribution in [2.45, 2.75) is 49.3 Å². The first-order chi connectivity index (χ1) is 19.6. The van der Waals surface area contributed by atoms with Crippen LogP contribution in [-0.2, 0) is 26.0 Å². The summed E-state index contributed by atoms with van der Waals surface area (Å²) >= 11 is 12.7. The monoisotopic (exact) mass is 626 g/mol. The second kappa shape index (κ2) is 12.5. The maximum atomic E-state index is 13.4. The van der Waals surface area contributed by atoms with Crippen LogP contribution < -0.4 is 9.47 Å². The second-order valence-corrected chi connectivity index (χ2v) is 12.5. The maximum absolute atomic E-state index is 13.4. The molecule has 13 heteroatoms. The number of hydrogen-bond acceptors (Lipinski definition) is 7. The summed E-state index contributed by atoms with van der Waals surface area (Å²) in [5, 5.41) is 0.469. The number of carbonyl (C=O) groups excluding carboxylic acids is 1. The van der Waals surface area contributed by atoms with E-state index in [2.05, 4.69) is 9.72 Å². The first-order valence-corrected chi connectivity index (χ1v) is 15.1. The largest absolute Gasteiger partial charge is 0.489 e. The normalized spacial score (nSPS) is 18.0. The zero-order valence-corrected chi connectivity index (χ0v) is 23.9. The zero-order chi connectivity index (χ0) is 29.1. The van der Waals surface area contributed by atoms with Gasteiger partial charge in [-0.25, -0.2) is 8.42 Å². The van der Waals surface area contributed by atoms with E-state index in [4.69, 9.17) is 32.7 Å². The molecule has 41 heavy (non-hydrogen) atoms. The summed E-state index contributed by atoms with van der Waals surface area (Å²) in [4.78, 5) is 17.4. The van der Waals surface area contributed by atoms with Gasteiger partial charge in [0.15, 0.2) is 11.5 Å². The van der Waals surface area contributed by atoms with E-state index in [-0.39, 0.29) is 45.8 Å². The summed E-state index contributed by atoms with van der Waals surface area (Å²) in [6.45, 7) is -2.59. The van der Waals surface area contributed by atoms with Gasteiger partial charge in [0.2, 0.25) is 10.0 Å². The molecule has 0 spiro atoms. The minimum Gasteiger partial charge on any atom is -0.489 e. The highest BCUT2D eigenvalue weighted by atomic mass is 35.5. The quantitative estimate of drug-likeness (QED) is 0.225. The highest BCUT2D eigenvalue weighted by Gasteiger charge is 2.44. The van der Waals surface area contributed by atoms with Gasteiger partial charge in [-0.05, 0) is 60.6 Å². The molecule has 1 saturated heterocycles. The van der Waals surface area contributed by atoms with Crippen LogP contribution in [0.4, 0.5) is 8.78 Å². The molecule has 218 valence electrons. The Bertz CT molecular complexity index is 1490. The van der Waals surface area contributed by atoms with Gasteiger partial charge >= 0.3 is 12.6 Å². The van der Waals surface area contributed by atoms with Gasteiger partial charge in [0, 0.05) is 25.4 Å². The molecule has 1 saturated carbocycles. The van der Waals surface area contributed by atoms with E-state index in [9.17, 15) is 22.0 Å². The van der Waals surface area contributed by atoms with E-state index >= 15 is 0 Å². The van der Waals surface area contributed by atoms with Crippen molar-refractivity contribution in [2.24, 2.45) is 5.92 Å². The first kappa shape index (κ1) is 29.5. The lowest BCUT2D eigenvalue weighted by Crippen LogP contribution is -2.55. The summed E-state index contributed by atoms with van der Waals surface area (Å²) in [6, 6.07) is 11.0. The van der Waals surface area contributed by atoms with Gasteiger partial charge in [-0.15, -0.1) is 0 Å². The molecular weight excluding hydrogens is 601 g/mol. The van der Waals surface area contributed by atoms with Crippen molar-refractivity contribution in [3.8, 4) is 11.5 Å². The Morgan fingerprint density at radius 2 is 1.73 bits per heavy atom. The van der Waals surface area contributed by atoms with Crippen LogP contribution in [-0.4, -0.2) is 49.5 Å². The van der Waals surface area contributed by atoms with Gasteiger partial charge in [0.05, 0.1) is 21.5 Å². The number of halogens is 4. The summed E-state index contributed by atoms with van der Waals surface area (Å²) in [7, 11) is -3.93. The van der Waals surface area contributed by atoms with Crippen LogP contribution in [0.5, 0.6) is 11.5 Å². The fourth-order valence-electron chi connectivity index (χ4n) is 4.40. The number of aromatic nitrogens is 1. The van der Waals surface area contributed by atoms with Crippen LogP contribution in [0.15, 0.2) is 65.8 Å². The fourth-order valence-corrected chi connectivity index (χ4v) is 6.57. The van der Waals surface area contributed by atoms with Crippen molar-refractivity contribution in [1.29, 1.82) is 0 Å². The Labute approximate surface area is 246 Å². The van der Waals surface area contributed by atoms with E-state index in [1.807, 2.05) is 0 Å². The Morgan fingerprint density at radius 3 is 2.34 bits per heavy atom. The molecule has 0 bridgehead atoms. The molecule has 2 aromatic carbocycles. The average Bonchev–Trinajstić information content (AvgIpc) is 3.73. The molecule has 0 radical (unpaired) electrons. The standard InChI is InChI=1S/C28H26Cl2F2N2O6S/c29-21-14-33-15-22(30)20(21)13-25(18-8-9-24(40-28(31)32)26(12-18)38-16-17-6-7-17)39-27(35)23-10-11-34(23)41(36,37)19-4-2-1-3-5-19/h1-5,8-9,12,14-15,17,23,25,28H,6-7,10-11,13,16H2. The summed E-state index contributed by atoms with van der Waals surface area (Å²) in [5.74, 6) is -0.527. The Kier molecular flexibility index (Phi) is 8.98. The van der Waals surface area contributed by atoms with Crippen LogP contribution in [0.25, 0.3) is 0 Å². The van der Waals surface area contributed by atoms with Crippen molar-refractivity contribution in [3.05, 3.63) is 82.1 Å². The van der Waals surface area contributed by atoms with E-state index in [1.165, 1.54) is 42.7 Å². The topological polar surface area (TPSA) is 95.0 Å². The van der Waals surface area contributed by atoms with Crippen LogP contribution >= 0.6 is 23.2 Å². The third kappa shape index (κ3) is 6.91. The molecule has 8 nitrogen and oxygen atoms in total. The second-order valence-electron chi connectivity index (χ2n) is 9.78. The highest BCUT2D eigenvalue weighted by molar-refractivity contribution is 7.89. The molecule has 1 aromatic heterocycles. The average molecular weight is 627 g/mol. The minimum atomic E-state index is -3.93. The Hall–Kier alpha value is -2.99. The SMILES string of the molecule is O=C(OC(Cc1c(Cl)cncc1Cl)c1ccc(OC(F)F)c(OCC2CC2)c1)C1CCN1S(=O)(=O)c1ccccc1. The fraction of sp³-hybridized carbons (Fsp3) is 0.357. The van der Waals surface area contributed by atoms with Gasteiger partial charge in [0.25, 0.3) is 0 Å². The molecule has 0 amide bonds. The molecule has 2 heterocycles. The molecule has 2 unspecified atom stereocenters. The van der Waals surface area contributed by atoms with Crippen LogP contribution in [0.3, 0.4) is 0 Å². The minimum absolute atomic E-state index is 0.00119.